The van der Waals surface area contributed by atoms with Gasteiger partial charge in [0.05, 0.1) is 13.7 Å². The minimum Gasteiger partial charge on any atom is -0.468 e. The van der Waals surface area contributed by atoms with Crippen molar-refractivity contribution in [2.75, 3.05) is 7.11 Å². The van der Waals surface area contributed by atoms with Crippen LogP contribution in [0.1, 0.15) is 0 Å². The lowest BCUT2D eigenvalue weighted by Gasteiger charge is -2.15. The normalized spacial score (nSPS) is 12.5. The molecular formula is C16H13ClF3N3O3. The van der Waals surface area contributed by atoms with Crippen LogP contribution in [0.2, 0.25) is 5.02 Å². The third kappa shape index (κ3) is 4.26. The molecule has 138 valence electrons. The minimum atomic E-state index is -4.70. The van der Waals surface area contributed by atoms with E-state index in [2.05, 4.69) is 9.84 Å². The maximum atomic E-state index is 13.0. The number of carbonyl (C=O) groups excluding carboxylic acids is 1. The van der Waals surface area contributed by atoms with Crippen LogP contribution in [0.5, 0.6) is 0 Å². The standard InChI is InChI=1S/C16H13ClF3N3O3/c1-3-11(16(18,19)20)8-22-14(10-4-6-12(17)7-5-10)21-23(15(22)25)9-13(24)26-2/h1,4-7,11H,8-9H2,2H3. The summed E-state index contributed by atoms with van der Waals surface area (Å²) in [6, 6.07) is 5.96. The Morgan fingerprint density at radius 3 is 2.50 bits per heavy atom. The van der Waals surface area contributed by atoms with Crippen molar-refractivity contribution in [1.82, 2.24) is 14.3 Å². The van der Waals surface area contributed by atoms with Gasteiger partial charge in [0.2, 0.25) is 0 Å². The van der Waals surface area contributed by atoms with Crippen molar-refractivity contribution in [3.8, 4) is 23.7 Å². The zero-order valence-electron chi connectivity index (χ0n) is 13.5. The molecule has 1 heterocycles. The molecule has 0 aliphatic rings. The summed E-state index contributed by atoms with van der Waals surface area (Å²) in [6.45, 7) is -1.38. The van der Waals surface area contributed by atoms with Crippen LogP contribution in [-0.4, -0.2) is 33.6 Å². The van der Waals surface area contributed by atoms with Gasteiger partial charge < -0.3 is 4.74 Å². The van der Waals surface area contributed by atoms with Gasteiger partial charge in [0, 0.05) is 10.6 Å². The molecule has 0 saturated heterocycles. The summed E-state index contributed by atoms with van der Waals surface area (Å²) in [5.41, 5.74) is -0.571. The van der Waals surface area contributed by atoms with Crippen molar-refractivity contribution >= 4 is 17.6 Å². The average molecular weight is 388 g/mol. The van der Waals surface area contributed by atoms with E-state index >= 15 is 0 Å². The largest absolute Gasteiger partial charge is 0.468 e. The van der Waals surface area contributed by atoms with E-state index in [0.717, 1.165) is 16.4 Å². The Morgan fingerprint density at radius 2 is 2.00 bits per heavy atom. The second-order valence-corrected chi connectivity index (χ2v) is 5.65. The monoisotopic (exact) mass is 387 g/mol. The summed E-state index contributed by atoms with van der Waals surface area (Å²) in [7, 11) is 1.11. The zero-order valence-corrected chi connectivity index (χ0v) is 14.2. The summed E-state index contributed by atoms with van der Waals surface area (Å²) in [5.74, 6) is -1.40. The van der Waals surface area contributed by atoms with Gasteiger partial charge in [-0.1, -0.05) is 17.5 Å². The predicted molar refractivity (Wildman–Crippen MR) is 87.3 cm³/mol. The number of rotatable bonds is 5. The van der Waals surface area contributed by atoms with Crippen molar-refractivity contribution in [2.45, 2.75) is 19.3 Å². The van der Waals surface area contributed by atoms with E-state index in [4.69, 9.17) is 18.0 Å². The molecule has 2 aromatic rings. The molecule has 1 unspecified atom stereocenters. The number of methoxy groups -OCH3 is 1. The van der Waals surface area contributed by atoms with Crippen molar-refractivity contribution < 1.29 is 22.7 Å². The fourth-order valence-electron chi connectivity index (χ4n) is 2.14. The maximum Gasteiger partial charge on any atom is 0.404 e. The molecule has 10 heteroatoms. The highest BCUT2D eigenvalue weighted by molar-refractivity contribution is 6.30. The van der Waals surface area contributed by atoms with Gasteiger partial charge >= 0.3 is 17.8 Å². The number of nitrogens with zero attached hydrogens (tertiary/aromatic N) is 3. The number of ether oxygens (including phenoxy) is 1. The second-order valence-electron chi connectivity index (χ2n) is 5.22. The molecule has 0 saturated carbocycles. The Balaban J connectivity index is 2.56. The molecule has 1 aromatic heterocycles. The molecule has 2 rings (SSSR count). The number of alkyl halides is 3. The topological polar surface area (TPSA) is 66.1 Å². The van der Waals surface area contributed by atoms with E-state index in [9.17, 15) is 22.8 Å². The van der Waals surface area contributed by atoms with Gasteiger partial charge in [0.1, 0.15) is 12.5 Å². The third-order valence-corrected chi connectivity index (χ3v) is 3.75. The van der Waals surface area contributed by atoms with Crippen molar-refractivity contribution in [1.29, 1.82) is 0 Å². The molecular weight excluding hydrogens is 375 g/mol. The molecule has 26 heavy (non-hydrogen) atoms. The number of carbonyl (C=O) groups is 1. The lowest BCUT2D eigenvalue weighted by atomic mass is 10.1. The molecule has 0 bridgehead atoms. The van der Waals surface area contributed by atoms with Crippen LogP contribution in [0.3, 0.4) is 0 Å². The fraction of sp³-hybridized carbons (Fsp3) is 0.312. The number of esters is 1. The van der Waals surface area contributed by atoms with Gasteiger partial charge in [-0.15, -0.1) is 11.5 Å². The van der Waals surface area contributed by atoms with E-state index < -0.39 is 36.8 Å². The third-order valence-electron chi connectivity index (χ3n) is 3.49. The van der Waals surface area contributed by atoms with Gasteiger partial charge in [-0.25, -0.2) is 9.48 Å². The first-order chi connectivity index (χ1) is 12.2. The van der Waals surface area contributed by atoms with E-state index in [0.29, 0.717) is 10.6 Å². The van der Waals surface area contributed by atoms with Gasteiger partial charge in [-0.2, -0.15) is 13.2 Å². The first-order valence-corrected chi connectivity index (χ1v) is 7.58. The van der Waals surface area contributed by atoms with Crippen LogP contribution in [0.15, 0.2) is 29.1 Å². The van der Waals surface area contributed by atoms with Crippen LogP contribution in [-0.2, 0) is 22.6 Å². The Hall–Kier alpha value is -2.73. The molecule has 6 nitrogen and oxygen atoms in total. The summed E-state index contributed by atoms with van der Waals surface area (Å²) in [5, 5.41) is 4.35. The molecule has 0 spiro atoms. The number of hydrogen-bond acceptors (Lipinski definition) is 4. The van der Waals surface area contributed by atoms with Crippen LogP contribution in [0, 0.1) is 18.3 Å². The van der Waals surface area contributed by atoms with Crippen molar-refractivity contribution in [2.24, 2.45) is 5.92 Å². The fourth-order valence-corrected chi connectivity index (χ4v) is 2.27. The molecule has 1 aromatic carbocycles. The summed E-state index contributed by atoms with van der Waals surface area (Å²) >= 11 is 5.80. The zero-order chi connectivity index (χ0) is 19.5. The van der Waals surface area contributed by atoms with Gasteiger partial charge in [0.15, 0.2) is 5.82 Å². The van der Waals surface area contributed by atoms with Crippen LogP contribution in [0.4, 0.5) is 13.2 Å². The molecule has 0 aliphatic heterocycles. The Morgan fingerprint density at radius 1 is 1.38 bits per heavy atom. The Labute approximate surface area is 151 Å². The molecule has 0 radical (unpaired) electrons. The smallest absolute Gasteiger partial charge is 0.404 e. The van der Waals surface area contributed by atoms with Crippen molar-refractivity contribution in [3.63, 3.8) is 0 Å². The quantitative estimate of drug-likeness (QED) is 0.583. The van der Waals surface area contributed by atoms with Gasteiger partial charge in [-0.3, -0.25) is 9.36 Å². The Bertz CT molecular complexity index is 895. The SMILES string of the molecule is C#CC(Cn1c(-c2ccc(Cl)cc2)nn(CC(=O)OC)c1=O)C(F)(F)F. The first-order valence-electron chi connectivity index (χ1n) is 7.20. The molecule has 1 atom stereocenters. The van der Waals surface area contributed by atoms with Crippen LogP contribution < -0.4 is 5.69 Å². The summed E-state index contributed by atoms with van der Waals surface area (Å²) < 4.78 is 45.0. The van der Waals surface area contributed by atoms with E-state index in [1.165, 1.54) is 24.3 Å². The summed E-state index contributed by atoms with van der Waals surface area (Å²) in [6.07, 6.45) is 0.272. The number of benzene rings is 1. The van der Waals surface area contributed by atoms with E-state index in [1.54, 1.807) is 5.92 Å². The van der Waals surface area contributed by atoms with Gasteiger partial charge in [0.25, 0.3) is 0 Å². The minimum absolute atomic E-state index is 0.0694. The highest BCUT2D eigenvalue weighted by Gasteiger charge is 2.39. The van der Waals surface area contributed by atoms with E-state index in [-0.39, 0.29) is 5.82 Å². The lowest BCUT2D eigenvalue weighted by Crippen LogP contribution is -2.33. The Kier molecular flexibility index (Phi) is 5.77. The summed E-state index contributed by atoms with van der Waals surface area (Å²) in [4.78, 5) is 23.9. The number of halogens is 4. The number of aromatic nitrogens is 3. The molecule has 0 fully saturated rings. The highest BCUT2D eigenvalue weighted by atomic mass is 35.5. The molecule has 0 amide bonds. The predicted octanol–water partition coefficient (Wildman–Crippen LogP) is 2.35. The van der Waals surface area contributed by atoms with Crippen molar-refractivity contribution in [3.05, 3.63) is 39.8 Å². The average Bonchev–Trinajstić information content (AvgIpc) is 2.88. The highest BCUT2D eigenvalue weighted by Crippen LogP contribution is 2.28. The maximum absolute atomic E-state index is 13.0. The lowest BCUT2D eigenvalue weighted by molar-refractivity contribution is -0.161. The van der Waals surface area contributed by atoms with E-state index in [1.807, 2.05) is 0 Å². The van der Waals surface area contributed by atoms with Crippen LogP contribution in [0.25, 0.3) is 11.4 Å². The first kappa shape index (κ1) is 19.6. The molecule has 0 N–H and O–H groups in total. The molecule has 0 aliphatic carbocycles. The number of terminal acetylenes is 1. The second kappa shape index (κ2) is 7.66. The van der Waals surface area contributed by atoms with Crippen LogP contribution >= 0.6 is 11.6 Å². The van der Waals surface area contributed by atoms with Gasteiger partial charge in [-0.05, 0) is 24.3 Å². The number of hydrogen-bond donors (Lipinski definition) is 0.